The first-order valence-electron chi connectivity index (χ1n) is 8.51. The first kappa shape index (κ1) is 15.8. The fourth-order valence-corrected chi connectivity index (χ4v) is 6.56. The molecule has 0 spiro atoms. The maximum Gasteiger partial charge on any atom is 0.211 e. The van der Waals surface area contributed by atoms with Gasteiger partial charge in [-0.2, -0.15) is 0 Å². The number of hydrogen-bond donors (Lipinski definition) is 1. The zero-order chi connectivity index (χ0) is 15.1. The van der Waals surface area contributed by atoms with Gasteiger partial charge in [-0.15, -0.1) is 0 Å². The topological polar surface area (TPSA) is 55.4 Å². The van der Waals surface area contributed by atoms with Crippen LogP contribution in [-0.2, 0) is 14.8 Å². The summed E-state index contributed by atoms with van der Waals surface area (Å²) in [5.41, 5.74) is -0.243. The molecule has 0 aromatic heterocycles. The van der Waals surface area contributed by atoms with E-state index in [2.05, 4.69) is 4.72 Å². The Morgan fingerprint density at radius 2 is 1.67 bits per heavy atom. The van der Waals surface area contributed by atoms with Crippen molar-refractivity contribution in [3.63, 3.8) is 0 Å². The van der Waals surface area contributed by atoms with Crippen molar-refractivity contribution >= 4 is 10.0 Å². The third-order valence-corrected chi connectivity index (χ3v) is 7.65. The fraction of sp³-hybridized carbons (Fsp3) is 1.00. The Bertz CT molecular complexity index is 446. The lowest BCUT2D eigenvalue weighted by Gasteiger charge is -2.60. The molecular weight excluding hydrogens is 286 g/mol. The van der Waals surface area contributed by atoms with Gasteiger partial charge in [0, 0.05) is 13.7 Å². The number of sulfonamides is 1. The molecule has 0 aliphatic heterocycles. The largest absolute Gasteiger partial charge is 0.376 e. The van der Waals surface area contributed by atoms with Crippen molar-refractivity contribution in [2.45, 2.75) is 57.5 Å². The lowest BCUT2D eigenvalue weighted by molar-refractivity contribution is -0.185. The van der Waals surface area contributed by atoms with Crippen LogP contribution in [0.3, 0.4) is 0 Å². The van der Waals surface area contributed by atoms with Crippen LogP contribution < -0.4 is 4.72 Å². The maximum absolute atomic E-state index is 12.1. The van der Waals surface area contributed by atoms with Gasteiger partial charge >= 0.3 is 0 Å². The van der Waals surface area contributed by atoms with Crippen molar-refractivity contribution < 1.29 is 13.2 Å². The van der Waals surface area contributed by atoms with Crippen molar-refractivity contribution in [1.82, 2.24) is 4.72 Å². The second-order valence-electron chi connectivity index (χ2n) is 7.46. The monoisotopic (exact) mass is 315 g/mol. The van der Waals surface area contributed by atoms with Gasteiger partial charge in [0.15, 0.2) is 0 Å². The van der Waals surface area contributed by atoms with Crippen LogP contribution in [0.5, 0.6) is 0 Å². The molecule has 4 bridgehead atoms. The van der Waals surface area contributed by atoms with Crippen molar-refractivity contribution in [3.05, 3.63) is 0 Å². The molecule has 4 rings (SSSR count). The minimum Gasteiger partial charge on any atom is -0.376 e. The number of nitrogens with one attached hydrogen (secondary N) is 1. The standard InChI is InChI=1S/C16H29NO3S/c1-3-4-5-21(18,19)17-11-16(20-2)14-7-12-6-13(9-14)10-15(16)8-12/h12-15,17H,3-11H2,1-2H3. The van der Waals surface area contributed by atoms with Crippen molar-refractivity contribution in [1.29, 1.82) is 0 Å². The molecule has 21 heavy (non-hydrogen) atoms. The lowest BCUT2D eigenvalue weighted by Crippen LogP contribution is -2.63. The highest BCUT2D eigenvalue weighted by atomic mass is 32.2. The van der Waals surface area contributed by atoms with E-state index in [-0.39, 0.29) is 11.4 Å². The van der Waals surface area contributed by atoms with E-state index in [1.165, 1.54) is 32.1 Å². The summed E-state index contributed by atoms with van der Waals surface area (Å²) in [6.45, 7) is 2.49. The quantitative estimate of drug-likeness (QED) is 0.785. The molecule has 0 heterocycles. The molecule has 4 fully saturated rings. The molecule has 0 atom stereocenters. The number of rotatable bonds is 7. The molecular formula is C16H29NO3S. The van der Waals surface area contributed by atoms with E-state index >= 15 is 0 Å². The minimum absolute atomic E-state index is 0.240. The van der Waals surface area contributed by atoms with Crippen LogP contribution >= 0.6 is 0 Å². The summed E-state index contributed by atoms with van der Waals surface area (Å²) in [5.74, 6) is 3.07. The van der Waals surface area contributed by atoms with Gasteiger partial charge in [-0.05, 0) is 62.2 Å². The third kappa shape index (κ3) is 2.89. The van der Waals surface area contributed by atoms with Crippen molar-refractivity contribution in [2.75, 3.05) is 19.4 Å². The predicted octanol–water partition coefficient (Wildman–Crippen LogP) is 2.55. The molecule has 4 nitrogen and oxygen atoms in total. The highest BCUT2D eigenvalue weighted by Crippen LogP contribution is 2.59. The number of unbranched alkanes of at least 4 members (excludes halogenated alkanes) is 1. The van der Waals surface area contributed by atoms with E-state index in [4.69, 9.17) is 4.74 Å². The predicted molar refractivity (Wildman–Crippen MR) is 83.5 cm³/mol. The molecule has 1 N–H and O–H groups in total. The van der Waals surface area contributed by atoms with E-state index in [9.17, 15) is 8.42 Å². The minimum atomic E-state index is -3.15. The molecule has 4 saturated carbocycles. The zero-order valence-corrected chi connectivity index (χ0v) is 14.1. The van der Waals surface area contributed by atoms with Gasteiger partial charge in [-0.25, -0.2) is 13.1 Å². The SMILES string of the molecule is CCCCS(=O)(=O)NCC1(OC)C2CC3CC(C2)CC1C3. The summed E-state index contributed by atoms with van der Waals surface area (Å²) in [5, 5.41) is 0. The maximum atomic E-state index is 12.1. The van der Waals surface area contributed by atoms with E-state index in [1.54, 1.807) is 7.11 Å². The highest BCUT2D eigenvalue weighted by Gasteiger charge is 2.57. The molecule has 0 aromatic carbocycles. The average Bonchev–Trinajstić information content (AvgIpc) is 2.45. The molecule has 4 aliphatic rings. The van der Waals surface area contributed by atoms with E-state index in [1.807, 2.05) is 6.92 Å². The van der Waals surface area contributed by atoms with Crippen molar-refractivity contribution in [3.8, 4) is 0 Å². The van der Waals surface area contributed by atoms with Crippen molar-refractivity contribution in [2.24, 2.45) is 23.7 Å². The number of methoxy groups -OCH3 is 1. The van der Waals surface area contributed by atoms with Crippen LogP contribution in [0.25, 0.3) is 0 Å². The Labute approximate surface area is 129 Å². The summed E-state index contributed by atoms with van der Waals surface area (Å²) >= 11 is 0. The van der Waals surface area contributed by atoms with Crippen LogP contribution in [0.15, 0.2) is 0 Å². The van der Waals surface area contributed by atoms with E-state index in [0.717, 1.165) is 24.7 Å². The second-order valence-corrected chi connectivity index (χ2v) is 9.38. The smallest absolute Gasteiger partial charge is 0.211 e. The van der Waals surface area contributed by atoms with Gasteiger partial charge in [0.05, 0.1) is 11.4 Å². The first-order chi connectivity index (χ1) is 9.99. The molecule has 122 valence electrons. The van der Waals surface area contributed by atoms with Gasteiger partial charge in [-0.1, -0.05) is 13.3 Å². The molecule has 4 aliphatic carbocycles. The number of ether oxygens (including phenoxy) is 1. The average molecular weight is 315 g/mol. The van der Waals surface area contributed by atoms with Gasteiger partial charge in [-0.3, -0.25) is 0 Å². The molecule has 5 heteroatoms. The molecule has 0 unspecified atom stereocenters. The summed E-state index contributed by atoms with van der Waals surface area (Å²) in [7, 11) is -1.37. The normalized spacial score (nSPS) is 41.6. The Morgan fingerprint density at radius 3 is 2.14 bits per heavy atom. The lowest BCUT2D eigenvalue weighted by atomic mass is 9.50. The molecule has 0 saturated heterocycles. The summed E-state index contributed by atoms with van der Waals surface area (Å²) in [4.78, 5) is 0. The Morgan fingerprint density at radius 1 is 1.10 bits per heavy atom. The van der Waals surface area contributed by atoms with Gasteiger partial charge < -0.3 is 4.74 Å². The molecule has 0 amide bonds. The van der Waals surface area contributed by atoms with Gasteiger partial charge in [0.1, 0.15) is 0 Å². The third-order valence-electron chi connectivity index (χ3n) is 6.24. The van der Waals surface area contributed by atoms with E-state index < -0.39 is 10.0 Å². The van der Waals surface area contributed by atoms with Crippen LogP contribution in [0, 0.1) is 23.7 Å². The van der Waals surface area contributed by atoms with Crippen LogP contribution in [0.2, 0.25) is 0 Å². The second kappa shape index (κ2) is 5.82. The summed E-state index contributed by atoms with van der Waals surface area (Å²) in [6, 6.07) is 0. The fourth-order valence-electron chi connectivity index (χ4n) is 5.31. The van der Waals surface area contributed by atoms with Crippen LogP contribution in [0.1, 0.15) is 51.9 Å². The first-order valence-corrected chi connectivity index (χ1v) is 10.2. The van der Waals surface area contributed by atoms with Crippen LogP contribution in [-0.4, -0.2) is 33.4 Å². The zero-order valence-electron chi connectivity index (χ0n) is 13.3. The van der Waals surface area contributed by atoms with Gasteiger partial charge in [0.25, 0.3) is 0 Å². The van der Waals surface area contributed by atoms with Gasteiger partial charge in [0.2, 0.25) is 10.0 Å². The summed E-state index contributed by atoms with van der Waals surface area (Å²) < 4.78 is 33.1. The molecule has 0 aromatic rings. The van der Waals surface area contributed by atoms with Crippen LogP contribution in [0.4, 0.5) is 0 Å². The Hall–Kier alpha value is -0.130. The summed E-state index contributed by atoms with van der Waals surface area (Å²) in [6.07, 6.45) is 7.97. The van der Waals surface area contributed by atoms with E-state index in [0.29, 0.717) is 18.4 Å². The highest BCUT2D eigenvalue weighted by molar-refractivity contribution is 7.89. The Kier molecular flexibility index (Phi) is 4.37. The molecule has 0 radical (unpaired) electrons. The number of hydrogen-bond acceptors (Lipinski definition) is 3. The Balaban J connectivity index is 1.70.